The summed E-state index contributed by atoms with van der Waals surface area (Å²) in [6.07, 6.45) is 0.499. The molecule has 0 radical (unpaired) electrons. The van der Waals surface area contributed by atoms with Gasteiger partial charge in [0.1, 0.15) is 5.54 Å². The van der Waals surface area contributed by atoms with Crippen LogP contribution in [0.25, 0.3) is 0 Å². The van der Waals surface area contributed by atoms with E-state index in [1.54, 1.807) is 13.8 Å². The number of piperazine rings is 1. The lowest BCUT2D eigenvalue weighted by Gasteiger charge is -2.41. The molecular weight excluding hydrogens is 274 g/mol. The number of carbonyl (C=O) groups excluding carboxylic acids is 2. The van der Waals surface area contributed by atoms with Crippen molar-refractivity contribution in [1.29, 1.82) is 0 Å². The Hall–Kier alpha value is -1.79. The van der Waals surface area contributed by atoms with Gasteiger partial charge in [0.2, 0.25) is 5.91 Å². The van der Waals surface area contributed by atoms with Crippen molar-refractivity contribution < 1.29 is 19.5 Å². The number of rotatable bonds is 5. The summed E-state index contributed by atoms with van der Waals surface area (Å²) in [7, 11) is 0. The third kappa shape index (κ3) is 4.34. The van der Waals surface area contributed by atoms with Crippen molar-refractivity contribution >= 4 is 17.9 Å². The summed E-state index contributed by atoms with van der Waals surface area (Å²) in [6.45, 7) is 8.11. The van der Waals surface area contributed by atoms with Crippen LogP contribution in [0.15, 0.2) is 0 Å². The number of hydrogen-bond acceptors (Lipinski definition) is 3. The van der Waals surface area contributed by atoms with Crippen molar-refractivity contribution in [2.45, 2.75) is 39.7 Å². The van der Waals surface area contributed by atoms with Crippen molar-refractivity contribution in [1.82, 2.24) is 15.5 Å². The average Bonchev–Trinajstić information content (AvgIpc) is 2.36. The van der Waals surface area contributed by atoms with Crippen LogP contribution in [0.3, 0.4) is 0 Å². The summed E-state index contributed by atoms with van der Waals surface area (Å²) in [5.41, 5.74) is -0.931. The highest BCUT2D eigenvalue weighted by Crippen LogP contribution is 2.18. The van der Waals surface area contributed by atoms with Crippen molar-refractivity contribution in [3.8, 4) is 0 Å². The second-order valence-electron chi connectivity index (χ2n) is 6.32. The van der Waals surface area contributed by atoms with Gasteiger partial charge < -0.3 is 20.6 Å². The minimum Gasteiger partial charge on any atom is -0.481 e. The van der Waals surface area contributed by atoms with E-state index in [9.17, 15) is 14.4 Å². The Balaban J connectivity index is 2.63. The molecule has 0 saturated carbocycles. The van der Waals surface area contributed by atoms with E-state index in [4.69, 9.17) is 5.11 Å². The van der Waals surface area contributed by atoms with Gasteiger partial charge >= 0.3 is 12.0 Å². The monoisotopic (exact) mass is 299 g/mol. The van der Waals surface area contributed by atoms with Crippen LogP contribution in [0.1, 0.15) is 34.1 Å². The maximum atomic E-state index is 12.2. The number of carboxylic acid groups (broad SMARTS) is 1. The van der Waals surface area contributed by atoms with Crippen molar-refractivity contribution in [3.63, 3.8) is 0 Å². The van der Waals surface area contributed by atoms with Gasteiger partial charge in [-0.1, -0.05) is 13.8 Å². The van der Waals surface area contributed by atoms with Crippen LogP contribution < -0.4 is 10.6 Å². The zero-order valence-electron chi connectivity index (χ0n) is 13.1. The number of nitrogens with one attached hydrogen (secondary N) is 2. The predicted octanol–water partition coefficient (Wildman–Crippen LogP) is 0.653. The van der Waals surface area contributed by atoms with Gasteiger partial charge in [0.25, 0.3) is 0 Å². The molecule has 21 heavy (non-hydrogen) atoms. The van der Waals surface area contributed by atoms with Crippen molar-refractivity contribution in [2.75, 3.05) is 19.6 Å². The molecule has 1 saturated heterocycles. The molecule has 1 unspecified atom stereocenters. The third-order valence-electron chi connectivity index (χ3n) is 3.70. The summed E-state index contributed by atoms with van der Waals surface area (Å²) in [5.74, 6) is -1.50. The summed E-state index contributed by atoms with van der Waals surface area (Å²) in [5, 5.41) is 14.5. The average molecular weight is 299 g/mol. The second-order valence-corrected chi connectivity index (χ2v) is 6.32. The van der Waals surface area contributed by atoms with Crippen molar-refractivity contribution in [3.05, 3.63) is 0 Å². The Morgan fingerprint density at radius 3 is 2.57 bits per heavy atom. The number of amides is 3. The molecule has 0 aromatic heterocycles. The minimum atomic E-state index is -0.931. The molecule has 0 aliphatic carbocycles. The molecule has 0 aromatic rings. The first-order chi connectivity index (χ1) is 9.66. The maximum Gasteiger partial charge on any atom is 0.318 e. The molecule has 1 heterocycles. The van der Waals surface area contributed by atoms with Gasteiger partial charge in [-0.05, 0) is 26.2 Å². The summed E-state index contributed by atoms with van der Waals surface area (Å²) < 4.78 is 0. The highest BCUT2D eigenvalue weighted by molar-refractivity contribution is 5.91. The Labute approximate surface area is 125 Å². The van der Waals surface area contributed by atoms with E-state index in [0.717, 1.165) is 0 Å². The van der Waals surface area contributed by atoms with Crippen LogP contribution in [0.2, 0.25) is 0 Å². The Kier molecular flexibility index (Phi) is 5.57. The lowest BCUT2D eigenvalue weighted by Crippen LogP contribution is -2.65. The molecule has 0 aromatic carbocycles. The highest BCUT2D eigenvalue weighted by atomic mass is 16.4. The molecular formula is C14H25N3O4. The molecule has 1 fully saturated rings. The van der Waals surface area contributed by atoms with Gasteiger partial charge in [-0.3, -0.25) is 9.59 Å². The molecule has 1 aliphatic rings. The van der Waals surface area contributed by atoms with Gasteiger partial charge in [0.05, 0.1) is 5.92 Å². The second kappa shape index (κ2) is 6.78. The van der Waals surface area contributed by atoms with E-state index >= 15 is 0 Å². The molecule has 3 N–H and O–H groups in total. The van der Waals surface area contributed by atoms with Crippen LogP contribution in [-0.4, -0.2) is 53.1 Å². The Bertz CT molecular complexity index is 420. The SMILES string of the molecule is CC(C)CC(CNC(=O)N1CCNC(=O)C1(C)C)C(=O)O. The predicted molar refractivity (Wildman–Crippen MR) is 77.8 cm³/mol. The molecule has 1 rings (SSSR count). The van der Waals surface area contributed by atoms with E-state index in [0.29, 0.717) is 19.5 Å². The zero-order chi connectivity index (χ0) is 16.2. The van der Waals surface area contributed by atoms with E-state index in [2.05, 4.69) is 10.6 Å². The topological polar surface area (TPSA) is 98.7 Å². The normalized spacial score (nSPS) is 19.1. The Morgan fingerprint density at radius 1 is 1.43 bits per heavy atom. The fourth-order valence-electron chi connectivity index (χ4n) is 2.40. The lowest BCUT2D eigenvalue weighted by atomic mass is 9.97. The maximum absolute atomic E-state index is 12.2. The largest absolute Gasteiger partial charge is 0.481 e. The molecule has 7 nitrogen and oxygen atoms in total. The zero-order valence-corrected chi connectivity index (χ0v) is 13.1. The fraction of sp³-hybridized carbons (Fsp3) is 0.786. The number of nitrogens with zero attached hydrogens (tertiary/aromatic N) is 1. The smallest absolute Gasteiger partial charge is 0.318 e. The summed E-state index contributed by atoms with van der Waals surface area (Å²) >= 11 is 0. The molecule has 3 amide bonds. The highest BCUT2D eigenvalue weighted by Gasteiger charge is 2.40. The number of carboxylic acids is 1. The van der Waals surface area contributed by atoms with Crippen LogP contribution in [0.5, 0.6) is 0 Å². The van der Waals surface area contributed by atoms with Crippen LogP contribution in [-0.2, 0) is 9.59 Å². The van der Waals surface area contributed by atoms with Gasteiger partial charge in [-0.2, -0.15) is 0 Å². The third-order valence-corrected chi connectivity index (χ3v) is 3.70. The first kappa shape index (κ1) is 17.3. The van der Waals surface area contributed by atoms with E-state index < -0.39 is 23.5 Å². The molecule has 1 atom stereocenters. The number of aliphatic carboxylic acids is 1. The number of carbonyl (C=O) groups is 3. The Morgan fingerprint density at radius 2 is 2.05 bits per heavy atom. The van der Waals surface area contributed by atoms with Gasteiger partial charge in [0.15, 0.2) is 0 Å². The van der Waals surface area contributed by atoms with Gasteiger partial charge in [-0.25, -0.2) is 4.79 Å². The van der Waals surface area contributed by atoms with Crippen LogP contribution in [0, 0.1) is 11.8 Å². The molecule has 1 aliphatic heterocycles. The quantitative estimate of drug-likeness (QED) is 0.694. The van der Waals surface area contributed by atoms with E-state index in [-0.39, 0.29) is 18.4 Å². The summed E-state index contributed by atoms with van der Waals surface area (Å²) in [4.78, 5) is 36.6. The number of hydrogen-bond donors (Lipinski definition) is 3. The number of urea groups is 1. The summed E-state index contributed by atoms with van der Waals surface area (Å²) in [6, 6.07) is -0.398. The standard InChI is InChI=1S/C14H25N3O4/c1-9(2)7-10(11(18)19)8-16-13(21)17-6-5-15-12(20)14(17,3)4/h9-10H,5-8H2,1-4H3,(H,15,20)(H,16,21)(H,18,19). The first-order valence-electron chi connectivity index (χ1n) is 7.22. The molecule has 7 heteroatoms. The van der Waals surface area contributed by atoms with E-state index in [1.165, 1.54) is 4.90 Å². The van der Waals surface area contributed by atoms with E-state index in [1.807, 2.05) is 13.8 Å². The first-order valence-corrected chi connectivity index (χ1v) is 7.22. The molecule has 0 bridgehead atoms. The molecule has 0 spiro atoms. The van der Waals surface area contributed by atoms with Crippen LogP contribution >= 0.6 is 0 Å². The van der Waals surface area contributed by atoms with Gasteiger partial charge in [0, 0.05) is 19.6 Å². The fourth-order valence-corrected chi connectivity index (χ4v) is 2.40. The van der Waals surface area contributed by atoms with Gasteiger partial charge in [-0.15, -0.1) is 0 Å². The van der Waals surface area contributed by atoms with Crippen LogP contribution in [0.4, 0.5) is 4.79 Å². The molecule has 120 valence electrons. The minimum absolute atomic E-state index is 0.0700. The van der Waals surface area contributed by atoms with Crippen molar-refractivity contribution in [2.24, 2.45) is 11.8 Å². The lowest BCUT2D eigenvalue weighted by molar-refractivity contribution is -0.142.